The van der Waals surface area contributed by atoms with Crippen LogP contribution < -0.4 is 11.1 Å². The van der Waals surface area contributed by atoms with Crippen LogP contribution >= 0.6 is 0 Å². The quantitative estimate of drug-likeness (QED) is 0.741. The molecule has 0 radical (unpaired) electrons. The number of hydrogen-bond donors (Lipinski definition) is 2. The molecule has 1 saturated carbocycles. The fourth-order valence-corrected chi connectivity index (χ4v) is 1.33. The van der Waals surface area contributed by atoms with Gasteiger partial charge in [-0.3, -0.25) is 9.78 Å². The second-order valence-corrected chi connectivity index (χ2v) is 3.59. The van der Waals surface area contributed by atoms with E-state index in [1.807, 2.05) is 0 Å². The van der Waals surface area contributed by atoms with Crippen LogP contribution in [-0.4, -0.2) is 16.9 Å². The monoisotopic (exact) mass is 191 g/mol. The molecular formula is C10H13N3O. The summed E-state index contributed by atoms with van der Waals surface area (Å²) in [5.74, 6) is 0.288. The molecule has 1 unspecified atom stereocenters. The zero-order chi connectivity index (χ0) is 9.97. The molecule has 0 spiro atoms. The van der Waals surface area contributed by atoms with Gasteiger partial charge >= 0.3 is 0 Å². The zero-order valence-corrected chi connectivity index (χ0v) is 7.81. The highest BCUT2D eigenvalue weighted by Gasteiger charge is 2.33. The number of nitrogens with zero attached hydrogens (tertiary/aromatic N) is 1. The van der Waals surface area contributed by atoms with E-state index in [4.69, 9.17) is 5.73 Å². The smallest absolute Gasteiger partial charge is 0.241 e. The van der Waals surface area contributed by atoms with Crippen molar-refractivity contribution in [3.8, 4) is 0 Å². The number of rotatable bonds is 3. The molecule has 3 N–H and O–H groups in total. The van der Waals surface area contributed by atoms with Crippen LogP contribution in [0.2, 0.25) is 0 Å². The Morgan fingerprint density at radius 2 is 2.14 bits per heavy atom. The lowest BCUT2D eigenvalue weighted by Crippen LogP contribution is -2.37. The Labute approximate surface area is 82.5 Å². The number of nitrogens with one attached hydrogen (secondary N) is 1. The van der Waals surface area contributed by atoms with E-state index < -0.39 is 0 Å². The van der Waals surface area contributed by atoms with Crippen molar-refractivity contribution in [3.63, 3.8) is 0 Å². The Balaban J connectivity index is 1.94. The van der Waals surface area contributed by atoms with Gasteiger partial charge < -0.3 is 11.1 Å². The minimum atomic E-state index is -0.358. The first-order valence-corrected chi connectivity index (χ1v) is 4.74. The van der Waals surface area contributed by atoms with Gasteiger partial charge in [-0.15, -0.1) is 0 Å². The molecule has 1 amide bonds. The first-order chi connectivity index (χ1) is 6.77. The molecular weight excluding hydrogens is 178 g/mol. The summed E-state index contributed by atoms with van der Waals surface area (Å²) in [5, 5.41) is 2.76. The summed E-state index contributed by atoms with van der Waals surface area (Å²) in [6.45, 7) is 0. The maximum Gasteiger partial charge on any atom is 0.241 e. The van der Waals surface area contributed by atoms with Crippen molar-refractivity contribution in [2.75, 3.05) is 5.32 Å². The van der Waals surface area contributed by atoms with Gasteiger partial charge in [0.1, 0.15) is 0 Å². The van der Waals surface area contributed by atoms with E-state index in [-0.39, 0.29) is 11.9 Å². The summed E-state index contributed by atoms with van der Waals surface area (Å²) in [4.78, 5) is 15.4. The topological polar surface area (TPSA) is 68.0 Å². The zero-order valence-electron chi connectivity index (χ0n) is 7.81. The van der Waals surface area contributed by atoms with Crippen LogP contribution in [0.4, 0.5) is 5.69 Å². The van der Waals surface area contributed by atoms with Crippen molar-refractivity contribution < 1.29 is 4.79 Å². The first kappa shape index (κ1) is 9.15. The van der Waals surface area contributed by atoms with Crippen molar-refractivity contribution >= 4 is 11.6 Å². The normalized spacial score (nSPS) is 17.5. The average Bonchev–Trinajstić information content (AvgIpc) is 3.01. The van der Waals surface area contributed by atoms with Crippen LogP contribution in [0.5, 0.6) is 0 Å². The highest BCUT2D eigenvalue weighted by molar-refractivity contribution is 5.95. The molecule has 4 nitrogen and oxygen atoms in total. The lowest BCUT2D eigenvalue weighted by Gasteiger charge is -2.10. The third-order valence-electron chi connectivity index (χ3n) is 2.38. The van der Waals surface area contributed by atoms with Crippen molar-refractivity contribution in [3.05, 3.63) is 24.5 Å². The van der Waals surface area contributed by atoms with Crippen LogP contribution in [0, 0.1) is 5.92 Å². The molecule has 1 atom stereocenters. The van der Waals surface area contributed by atoms with Crippen molar-refractivity contribution in [2.24, 2.45) is 11.7 Å². The van der Waals surface area contributed by atoms with Gasteiger partial charge in [-0.1, -0.05) is 0 Å². The Bertz CT molecular complexity index is 321. The summed E-state index contributed by atoms with van der Waals surface area (Å²) in [5.41, 5.74) is 6.49. The number of nitrogens with two attached hydrogens (primary N) is 1. The molecule has 14 heavy (non-hydrogen) atoms. The number of amides is 1. The highest BCUT2D eigenvalue weighted by atomic mass is 16.2. The Hall–Kier alpha value is -1.42. The number of carbonyl (C=O) groups excluding carboxylic acids is 1. The fourth-order valence-electron chi connectivity index (χ4n) is 1.33. The summed E-state index contributed by atoms with van der Waals surface area (Å²) < 4.78 is 0. The molecule has 1 aromatic heterocycles. The van der Waals surface area contributed by atoms with Gasteiger partial charge in [0.25, 0.3) is 0 Å². The number of aromatic nitrogens is 1. The number of pyridine rings is 1. The van der Waals surface area contributed by atoms with E-state index in [9.17, 15) is 4.79 Å². The fraction of sp³-hybridized carbons (Fsp3) is 0.400. The minimum absolute atomic E-state index is 0.0984. The van der Waals surface area contributed by atoms with Crippen molar-refractivity contribution in [2.45, 2.75) is 18.9 Å². The van der Waals surface area contributed by atoms with Crippen LogP contribution in [0.1, 0.15) is 12.8 Å². The molecule has 0 aromatic carbocycles. The lowest BCUT2D eigenvalue weighted by atomic mass is 10.2. The van der Waals surface area contributed by atoms with E-state index in [1.54, 1.807) is 24.5 Å². The Morgan fingerprint density at radius 1 is 1.50 bits per heavy atom. The molecule has 1 aliphatic carbocycles. The molecule has 0 aliphatic heterocycles. The van der Waals surface area contributed by atoms with Crippen molar-refractivity contribution in [1.82, 2.24) is 4.98 Å². The molecule has 1 aromatic rings. The van der Waals surface area contributed by atoms with Gasteiger partial charge in [0.2, 0.25) is 5.91 Å². The number of hydrogen-bond acceptors (Lipinski definition) is 3. The molecule has 1 aliphatic rings. The summed E-state index contributed by atoms with van der Waals surface area (Å²) in [6, 6.07) is 3.14. The SMILES string of the molecule is NC(C(=O)Nc1ccncc1)C1CC1. The van der Waals surface area contributed by atoms with E-state index in [0.717, 1.165) is 18.5 Å². The highest BCUT2D eigenvalue weighted by Crippen LogP contribution is 2.31. The van der Waals surface area contributed by atoms with E-state index in [0.29, 0.717) is 5.92 Å². The van der Waals surface area contributed by atoms with Crippen LogP contribution in [0.3, 0.4) is 0 Å². The first-order valence-electron chi connectivity index (χ1n) is 4.74. The predicted molar refractivity (Wildman–Crippen MR) is 53.6 cm³/mol. The summed E-state index contributed by atoms with van der Waals surface area (Å²) in [6.07, 6.45) is 5.42. The summed E-state index contributed by atoms with van der Waals surface area (Å²) >= 11 is 0. The van der Waals surface area contributed by atoms with Crippen molar-refractivity contribution in [1.29, 1.82) is 0 Å². The lowest BCUT2D eigenvalue weighted by molar-refractivity contribution is -0.117. The predicted octanol–water partition coefficient (Wildman–Crippen LogP) is 0.757. The van der Waals surface area contributed by atoms with Crippen LogP contribution in [-0.2, 0) is 4.79 Å². The second-order valence-electron chi connectivity index (χ2n) is 3.59. The van der Waals surface area contributed by atoms with Gasteiger partial charge in [-0.25, -0.2) is 0 Å². The molecule has 1 fully saturated rings. The second kappa shape index (κ2) is 3.75. The molecule has 74 valence electrons. The Morgan fingerprint density at radius 3 is 2.71 bits per heavy atom. The van der Waals surface area contributed by atoms with Gasteiger partial charge in [0.05, 0.1) is 6.04 Å². The molecule has 0 saturated heterocycles. The average molecular weight is 191 g/mol. The third kappa shape index (κ3) is 2.09. The summed E-state index contributed by atoms with van der Waals surface area (Å²) in [7, 11) is 0. The van der Waals surface area contributed by atoms with Crippen LogP contribution in [0.25, 0.3) is 0 Å². The van der Waals surface area contributed by atoms with Gasteiger partial charge in [0.15, 0.2) is 0 Å². The van der Waals surface area contributed by atoms with Crippen LogP contribution in [0.15, 0.2) is 24.5 Å². The maximum atomic E-state index is 11.5. The molecule has 2 rings (SSSR count). The van der Waals surface area contributed by atoms with E-state index in [2.05, 4.69) is 10.3 Å². The standard InChI is InChI=1S/C10H13N3O/c11-9(7-1-2-7)10(14)13-8-3-5-12-6-4-8/h3-7,9H,1-2,11H2,(H,12,13,14). The molecule has 4 heteroatoms. The largest absolute Gasteiger partial charge is 0.325 e. The Kier molecular flexibility index (Phi) is 2.45. The minimum Gasteiger partial charge on any atom is -0.325 e. The maximum absolute atomic E-state index is 11.5. The third-order valence-corrected chi connectivity index (χ3v) is 2.38. The molecule has 0 bridgehead atoms. The van der Waals surface area contributed by atoms with Gasteiger partial charge in [-0.05, 0) is 30.9 Å². The van der Waals surface area contributed by atoms with E-state index >= 15 is 0 Å². The molecule has 1 heterocycles. The van der Waals surface area contributed by atoms with Gasteiger partial charge in [0, 0.05) is 18.1 Å². The van der Waals surface area contributed by atoms with Gasteiger partial charge in [-0.2, -0.15) is 0 Å². The number of carbonyl (C=O) groups is 1. The number of anilines is 1. The van der Waals surface area contributed by atoms with E-state index in [1.165, 1.54) is 0 Å².